The number of aryl methyl sites for hydroxylation is 1. The summed E-state index contributed by atoms with van der Waals surface area (Å²) in [6.45, 7) is 2.37. The van der Waals surface area contributed by atoms with Crippen LogP contribution in [-0.4, -0.2) is 30.2 Å². The van der Waals surface area contributed by atoms with E-state index in [1.54, 1.807) is 19.1 Å². The maximum atomic E-state index is 11.6. The van der Waals surface area contributed by atoms with Crippen molar-refractivity contribution in [2.75, 3.05) is 18.5 Å². The van der Waals surface area contributed by atoms with Crippen molar-refractivity contribution in [2.45, 2.75) is 19.8 Å². The third-order valence-corrected chi connectivity index (χ3v) is 2.96. The fourth-order valence-electron chi connectivity index (χ4n) is 1.73. The molecule has 1 aromatic carbocycles. The highest BCUT2D eigenvalue weighted by molar-refractivity contribution is 6.01. The number of benzene rings is 1. The first-order valence-electron chi connectivity index (χ1n) is 6.28. The number of carbonyl (C=O) groups excluding carboxylic acids is 1. The van der Waals surface area contributed by atoms with E-state index in [1.807, 2.05) is 0 Å². The van der Waals surface area contributed by atoms with Crippen LogP contribution in [-0.2, 0) is 9.53 Å². The second-order valence-corrected chi connectivity index (χ2v) is 4.86. The van der Waals surface area contributed by atoms with Gasteiger partial charge in [-0.25, -0.2) is 4.79 Å². The summed E-state index contributed by atoms with van der Waals surface area (Å²) >= 11 is 0. The number of carboxylic acids is 1. The van der Waals surface area contributed by atoms with Gasteiger partial charge in [0.1, 0.15) is 6.61 Å². The van der Waals surface area contributed by atoms with E-state index in [1.165, 1.54) is 18.9 Å². The van der Waals surface area contributed by atoms with E-state index in [0.29, 0.717) is 18.2 Å². The van der Waals surface area contributed by atoms with Crippen LogP contribution in [0.4, 0.5) is 5.69 Å². The average molecular weight is 263 g/mol. The van der Waals surface area contributed by atoms with Crippen molar-refractivity contribution in [1.82, 2.24) is 0 Å². The molecule has 0 aromatic heterocycles. The number of nitrogens with one attached hydrogen (secondary N) is 1. The van der Waals surface area contributed by atoms with Gasteiger partial charge in [-0.1, -0.05) is 11.6 Å². The van der Waals surface area contributed by atoms with Gasteiger partial charge in [0.15, 0.2) is 0 Å². The first kappa shape index (κ1) is 13.5. The van der Waals surface area contributed by atoms with Crippen LogP contribution >= 0.6 is 0 Å². The number of carboxylic acid groups (broad SMARTS) is 1. The molecule has 0 unspecified atom stereocenters. The molecule has 0 heterocycles. The third-order valence-electron chi connectivity index (χ3n) is 2.96. The van der Waals surface area contributed by atoms with Crippen molar-refractivity contribution in [3.8, 4) is 0 Å². The largest absolute Gasteiger partial charge is 0.478 e. The lowest BCUT2D eigenvalue weighted by molar-refractivity contribution is -0.120. The van der Waals surface area contributed by atoms with Gasteiger partial charge in [0, 0.05) is 0 Å². The second-order valence-electron chi connectivity index (χ2n) is 4.86. The molecule has 1 amide bonds. The van der Waals surface area contributed by atoms with E-state index >= 15 is 0 Å². The molecule has 102 valence electrons. The first-order chi connectivity index (χ1) is 9.06. The topological polar surface area (TPSA) is 75.6 Å². The Morgan fingerprint density at radius 2 is 2.16 bits per heavy atom. The highest BCUT2D eigenvalue weighted by Crippen LogP contribution is 2.28. The molecule has 1 aliphatic rings. The molecule has 0 saturated heterocycles. The molecular formula is C14H17NO4. The average Bonchev–Trinajstić information content (AvgIpc) is 3.15. The summed E-state index contributed by atoms with van der Waals surface area (Å²) in [5.74, 6) is -0.786. The highest BCUT2D eigenvalue weighted by Gasteiger charge is 2.21. The van der Waals surface area contributed by atoms with E-state index in [4.69, 9.17) is 9.84 Å². The summed E-state index contributed by atoms with van der Waals surface area (Å²) in [4.78, 5) is 22.7. The van der Waals surface area contributed by atoms with Crippen molar-refractivity contribution in [2.24, 2.45) is 5.92 Å². The van der Waals surface area contributed by atoms with Gasteiger partial charge in [-0.15, -0.1) is 0 Å². The third kappa shape index (κ3) is 4.06. The van der Waals surface area contributed by atoms with Crippen molar-refractivity contribution in [3.05, 3.63) is 29.3 Å². The molecule has 0 atom stereocenters. The van der Waals surface area contributed by atoms with Crippen LogP contribution < -0.4 is 5.32 Å². The summed E-state index contributed by atoms with van der Waals surface area (Å²) < 4.78 is 5.26. The Morgan fingerprint density at radius 3 is 2.79 bits per heavy atom. The SMILES string of the molecule is Cc1ccc(NC(=O)COCC2CC2)c(C(=O)O)c1. The Morgan fingerprint density at radius 1 is 1.42 bits per heavy atom. The molecule has 1 aliphatic carbocycles. The molecule has 1 aromatic rings. The minimum atomic E-state index is -1.06. The van der Waals surface area contributed by atoms with Gasteiger partial charge in [0.05, 0.1) is 17.9 Å². The van der Waals surface area contributed by atoms with Crippen LogP contribution in [0.1, 0.15) is 28.8 Å². The Kier molecular flexibility index (Phi) is 4.16. The Labute approximate surface area is 111 Å². The van der Waals surface area contributed by atoms with Crippen LogP contribution in [0.15, 0.2) is 18.2 Å². The monoisotopic (exact) mass is 263 g/mol. The number of ether oxygens (including phenoxy) is 1. The number of hydrogen-bond donors (Lipinski definition) is 2. The summed E-state index contributed by atoms with van der Waals surface area (Å²) in [7, 11) is 0. The number of carbonyl (C=O) groups is 2. The van der Waals surface area contributed by atoms with Gasteiger partial charge in [0.25, 0.3) is 0 Å². The molecule has 19 heavy (non-hydrogen) atoms. The van der Waals surface area contributed by atoms with Crippen molar-refractivity contribution in [3.63, 3.8) is 0 Å². The van der Waals surface area contributed by atoms with Gasteiger partial charge < -0.3 is 15.2 Å². The predicted molar refractivity (Wildman–Crippen MR) is 70.3 cm³/mol. The summed E-state index contributed by atoms with van der Waals surface area (Å²) in [5.41, 5.74) is 1.23. The fraction of sp³-hybridized carbons (Fsp3) is 0.429. The van der Waals surface area contributed by atoms with Gasteiger partial charge >= 0.3 is 5.97 Å². The summed E-state index contributed by atoms with van der Waals surface area (Å²) in [6.07, 6.45) is 2.34. The Bertz CT molecular complexity index is 494. The van der Waals surface area contributed by atoms with E-state index < -0.39 is 5.97 Å². The first-order valence-corrected chi connectivity index (χ1v) is 6.28. The minimum Gasteiger partial charge on any atom is -0.478 e. The van der Waals surface area contributed by atoms with Crippen LogP contribution in [0.25, 0.3) is 0 Å². The Balaban J connectivity index is 1.93. The molecule has 0 spiro atoms. The number of rotatable bonds is 6. The minimum absolute atomic E-state index is 0.0383. The molecule has 1 fully saturated rings. The molecule has 0 bridgehead atoms. The van der Waals surface area contributed by atoms with Crippen LogP contribution in [0.5, 0.6) is 0 Å². The number of hydrogen-bond acceptors (Lipinski definition) is 3. The van der Waals surface area contributed by atoms with Crippen molar-refractivity contribution < 1.29 is 19.4 Å². The predicted octanol–water partition coefficient (Wildman–Crippen LogP) is 2.06. The van der Waals surface area contributed by atoms with E-state index in [0.717, 1.165) is 5.56 Å². The summed E-state index contributed by atoms with van der Waals surface area (Å²) in [6, 6.07) is 4.88. The lowest BCUT2D eigenvalue weighted by Gasteiger charge is -2.09. The van der Waals surface area contributed by atoms with Gasteiger partial charge in [-0.3, -0.25) is 4.79 Å². The highest BCUT2D eigenvalue weighted by atomic mass is 16.5. The molecular weight excluding hydrogens is 246 g/mol. The van der Waals surface area contributed by atoms with Gasteiger partial charge in [-0.2, -0.15) is 0 Å². The van der Waals surface area contributed by atoms with Crippen LogP contribution in [0, 0.1) is 12.8 Å². The number of amides is 1. The molecule has 5 heteroatoms. The normalized spacial score (nSPS) is 14.2. The molecule has 2 N–H and O–H groups in total. The number of anilines is 1. The Hall–Kier alpha value is -1.88. The lowest BCUT2D eigenvalue weighted by atomic mass is 10.1. The van der Waals surface area contributed by atoms with E-state index in [-0.39, 0.29) is 18.1 Å². The van der Waals surface area contributed by atoms with E-state index in [2.05, 4.69) is 5.32 Å². The van der Waals surface area contributed by atoms with Crippen LogP contribution in [0.3, 0.4) is 0 Å². The van der Waals surface area contributed by atoms with Crippen LogP contribution in [0.2, 0.25) is 0 Å². The molecule has 5 nitrogen and oxygen atoms in total. The smallest absolute Gasteiger partial charge is 0.337 e. The standard InChI is InChI=1S/C14H17NO4/c1-9-2-5-12(11(6-9)14(17)18)15-13(16)8-19-7-10-3-4-10/h2,5-6,10H,3-4,7-8H2,1H3,(H,15,16)(H,17,18). The molecule has 1 saturated carbocycles. The zero-order valence-corrected chi connectivity index (χ0v) is 10.8. The molecule has 0 aliphatic heterocycles. The summed E-state index contributed by atoms with van der Waals surface area (Å²) in [5, 5.41) is 11.6. The van der Waals surface area contributed by atoms with Gasteiger partial charge in [0.2, 0.25) is 5.91 Å². The molecule has 0 radical (unpaired) electrons. The number of aromatic carboxylic acids is 1. The van der Waals surface area contributed by atoms with Crippen molar-refractivity contribution >= 4 is 17.6 Å². The maximum Gasteiger partial charge on any atom is 0.337 e. The zero-order chi connectivity index (χ0) is 13.8. The lowest BCUT2D eigenvalue weighted by Crippen LogP contribution is -2.20. The van der Waals surface area contributed by atoms with Gasteiger partial charge in [-0.05, 0) is 37.8 Å². The zero-order valence-electron chi connectivity index (χ0n) is 10.8. The molecule has 2 rings (SSSR count). The second kappa shape index (κ2) is 5.84. The fourth-order valence-corrected chi connectivity index (χ4v) is 1.73. The maximum absolute atomic E-state index is 11.6. The quantitative estimate of drug-likeness (QED) is 0.823. The van der Waals surface area contributed by atoms with E-state index in [9.17, 15) is 9.59 Å². The van der Waals surface area contributed by atoms with Crippen molar-refractivity contribution in [1.29, 1.82) is 0 Å².